The number of benzene rings is 1. The fraction of sp³-hybridized carbons (Fsp3) is 0.300. The third-order valence-corrected chi connectivity index (χ3v) is 3.99. The number of carbonyl (C=O) groups excluding carboxylic acids is 1. The highest BCUT2D eigenvalue weighted by Gasteiger charge is 2.06. The van der Waals surface area contributed by atoms with E-state index < -0.39 is 0 Å². The van der Waals surface area contributed by atoms with Crippen molar-refractivity contribution in [3.8, 4) is 5.82 Å². The lowest BCUT2D eigenvalue weighted by Gasteiger charge is -2.11. The minimum Gasteiger partial charge on any atom is -0.368 e. The lowest BCUT2D eigenvalue weighted by molar-refractivity contribution is -0.126. The van der Waals surface area contributed by atoms with E-state index in [2.05, 4.69) is 25.6 Å². The minimum absolute atomic E-state index is 0.0333. The van der Waals surface area contributed by atoms with Gasteiger partial charge in [0, 0.05) is 31.5 Å². The van der Waals surface area contributed by atoms with E-state index in [0.717, 1.165) is 17.2 Å². The number of carbonyl (C=O) groups is 1. The van der Waals surface area contributed by atoms with Gasteiger partial charge in [-0.15, -0.1) is 0 Å². The molecule has 1 aromatic carbocycles. The maximum Gasteiger partial charge on any atom is 0.246 e. The molecule has 2 aromatic heterocycles. The number of nitrogens with zero attached hydrogens (tertiary/aromatic N) is 4. The molecule has 1 amide bonds. The van der Waals surface area contributed by atoms with Crippen LogP contribution in [0.3, 0.4) is 0 Å². The van der Waals surface area contributed by atoms with Gasteiger partial charge in [0.2, 0.25) is 5.91 Å². The van der Waals surface area contributed by atoms with E-state index >= 15 is 0 Å². The van der Waals surface area contributed by atoms with Crippen LogP contribution in [0.5, 0.6) is 0 Å². The SMILES string of the molecule is Cc1nc(NCCNC(=O)COCc2ccccc2)cc(-n2ccnc2C)n1. The van der Waals surface area contributed by atoms with Crippen LogP contribution in [0, 0.1) is 13.8 Å². The second-order valence-electron chi connectivity index (χ2n) is 6.26. The average molecular weight is 380 g/mol. The molecule has 0 saturated heterocycles. The van der Waals surface area contributed by atoms with Crippen LogP contribution in [0.15, 0.2) is 48.8 Å². The van der Waals surface area contributed by atoms with E-state index in [0.29, 0.717) is 31.3 Å². The number of aromatic nitrogens is 4. The van der Waals surface area contributed by atoms with Gasteiger partial charge in [0.15, 0.2) is 0 Å². The van der Waals surface area contributed by atoms with Crippen molar-refractivity contribution in [3.05, 3.63) is 66.0 Å². The first-order valence-electron chi connectivity index (χ1n) is 9.10. The first kappa shape index (κ1) is 19.5. The topological polar surface area (TPSA) is 94.0 Å². The van der Waals surface area contributed by atoms with Crippen LogP contribution in [0.1, 0.15) is 17.2 Å². The first-order valence-corrected chi connectivity index (χ1v) is 9.10. The Balaban J connectivity index is 1.41. The molecule has 0 spiro atoms. The Bertz CT molecular complexity index is 910. The summed E-state index contributed by atoms with van der Waals surface area (Å²) in [5, 5.41) is 6.02. The highest BCUT2D eigenvalue weighted by Crippen LogP contribution is 2.12. The van der Waals surface area contributed by atoms with Gasteiger partial charge in [-0.05, 0) is 19.4 Å². The molecule has 0 unspecified atom stereocenters. The molecular formula is C20H24N6O2. The summed E-state index contributed by atoms with van der Waals surface area (Å²) in [7, 11) is 0. The first-order chi connectivity index (χ1) is 13.6. The molecule has 146 valence electrons. The van der Waals surface area contributed by atoms with Crippen molar-refractivity contribution >= 4 is 11.7 Å². The molecule has 8 nitrogen and oxygen atoms in total. The van der Waals surface area contributed by atoms with Crippen LogP contribution in [0.25, 0.3) is 5.82 Å². The van der Waals surface area contributed by atoms with Crippen LogP contribution in [-0.2, 0) is 16.1 Å². The number of anilines is 1. The molecular weight excluding hydrogens is 356 g/mol. The van der Waals surface area contributed by atoms with E-state index in [4.69, 9.17) is 4.74 Å². The number of ether oxygens (including phenoxy) is 1. The Morgan fingerprint density at radius 2 is 1.96 bits per heavy atom. The van der Waals surface area contributed by atoms with E-state index in [-0.39, 0.29) is 12.5 Å². The number of rotatable bonds is 9. The van der Waals surface area contributed by atoms with Gasteiger partial charge in [0.05, 0.1) is 6.61 Å². The van der Waals surface area contributed by atoms with Crippen LogP contribution < -0.4 is 10.6 Å². The number of amides is 1. The zero-order valence-electron chi connectivity index (χ0n) is 16.1. The molecule has 3 rings (SSSR count). The normalized spacial score (nSPS) is 10.6. The van der Waals surface area contributed by atoms with Crippen molar-refractivity contribution < 1.29 is 9.53 Å². The van der Waals surface area contributed by atoms with Crippen molar-refractivity contribution in [2.45, 2.75) is 20.5 Å². The molecule has 2 N–H and O–H groups in total. The highest BCUT2D eigenvalue weighted by molar-refractivity contribution is 5.77. The predicted octanol–water partition coefficient (Wildman–Crippen LogP) is 2.02. The van der Waals surface area contributed by atoms with Crippen LogP contribution in [-0.4, -0.2) is 45.1 Å². The summed E-state index contributed by atoms with van der Waals surface area (Å²) in [5.41, 5.74) is 1.04. The number of aryl methyl sites for hydroxylation is 2. The van der Waals surface area contributed by atoms with E-state index in [1.54, 1.807) is 6.20 Å². The van der Waals surface area contributed by atoms with Gasteiger partial charge in [-0.3, -0.25) is 9.36 Å². The maximum atomic E-state index is 11.8. The molecule has 0 aliphatic heterocycles. The summed E-state index contributed by atoms with van der Waals surface area (Å²) in [4.78, 5) is 24.9. The van der Waals surface area contributed by atoms with Gasteiger partial charge in [0.25, 0.3) is 0 Å². The quantitative estimate of drug-likeness (QED) is 0.552. The van der Waals surface area contributed by atoms with Crippen molar-refractivity contribution in [3.63, 3.8) is 0 Å². The average Bonchev–Trinajstić information content (AvgIpc) is 3.12. The largest absolute Gasteiger partial charge is 0.368 e. The van der Waals surface area contributed by atoms with E-state index in [9.17, 15) is 4.79 Å². The smallest absolute Gasteiger partial charge is 0.246 e. The second-order valence-corrected chi connectivity index (χ2v) is 6.26. The number of nitrogens with one attached hydrogen (secondary N) is 2. The fourth-order valence-corrected chi connectivity index (χ4v) is 2.67. The lowest BCUT2D eigenvalue weighted by atomic mass is 10.2. The molecule has 3 aromatic rings. The molecule has 0 aliphatic carbocycles. The minimum atomic E-state index is -0.147. The summed E-state index contributed by atoms with van der Waals surface area (Å²) < 4.78 is 7.31. The maximum absolute atomic E-state index is 11.8. The zero-order valence-corrected chi connectivity index (χ0v) is 16.1. The van der Waals surface area contributed by atoms with Gasteiger partial charge in [-0.2, -0.15) is 0 Å². The van der Waals surface area contributed by atoms with Crippen LogP contribution in [0.2, 0.25) is 0 Å². The standard InChI is InChI=1S/C20H24N6O2/c1-15-24-18(12-19(25-15)26-11-10-21-16(26)2)22-8-9-23-20(27)14-28-13-17-6-4-3-5-7-17/h3-7,10-12H,8-9,13-14H2,1-2H3,(H,23,27)(H,22,24,25). The summed E-state index contributed by atoms with van der Waals surface area (Å²) in [6.45, 7) is 5.22. The third kappa shape index (κ3) is 5.62. The Morgan fingerprint density at radius 1 is 1.14 bits per heavy atom. The third-order valence-electron chi connectivity index (χ3n) is 3.99. The monoisotopic (exact) mass is 380 g/mol. The molecule has 8 heteroatoms. The van der Waals surface area contributed by atoms with Crippen LogP contribution in [0.4, 0.5) is 5.82 Å². The molecule has 0 atom stereocenters. The Hall–Kier alpha value is -3.26. The Labute approximate surface area is 164 Å². The fourth-order valence-electron chi connectivity index (χ4n) is 2.67. The van der Waals surface area contributed by atoms with Crippen LogP contribution >= 0.6 is 0 Å². The van der Waals surface area contributed by atoms with Gasteiger partial charge in [-0.1, -0.05) is 30.3 Å². The van der Waals surface area contributed by atoms with Gasteiger partial charge < -0.3 is 15.4 Å². The summed E-state index contributed by atoms with van der Waals surface area (Å²) in [5.74, 6) is 2.82. The van der Waals surface area contributed by atoms with E-state index in [1.165, 1.54) is 0 Å². The molecule has 0 radical (unpaired) electrons. The van der Waals surface area contributed by atoms with Crippen molar-refractivity contribution in [1.82, 2.24) is 24.8 Å². The van der Waals surface area contributed by atoms with Gasteiger partial charge >= 0.3 is 0 Å². The van der Waals surface area contributed by atoms with Crippen molar-refractivity contribution in [2.75, 3.05) is 25.0 Å². The molecule has 2 heterocycles. The van der Waals surface area contributed by atoms with Crippen molar-refractivity contribution in [2.24, 2.45) is 0 Å². The summed E-state index contributed by atoms with van der Waals surface area (Å²) in [6, 6.07) is 11.6. The zero-order chi connectivity index (χ0) is 19.8. The van der Waals surface area contributed by atoms with Gasteiger partial charge in [0.1, 0.15) is 29.9 Å². The Kier molecular flexibility index (Phi) is 6.69. The van der Waals surface area contributed by atoms with Crippen molar-refractivity contribution in [1.29, 1.82) is 0 Å². The molecule has 0 bridgehead atoms. The van der Waals surface area contributed by atoms with E-state index in [1.807, 2.05) is 61.0 Å². The molecule has 0 aliphatic rings. The Morgan fingerprint density at radius 3 is 2.71 bits per heavy atom. The number of imidazole rings is 1. The number of hydrogen-bond donors (Lipinski definition) is 2. The lowest BCUT2D eigenvalue weighted by Crippen LogP contribution is -2.31. The molecule has 0 fully saturated rings. The molecule has 0 saturated carbocycles. The summed E-state index contributed by atoms with van der Waals surface area (Å²) in [6.07, 6.45) is 3.59. The summed E-state index contributed by atoms with van der Waals surface area (Å²) >= 11 is 0. The number of hydrogen-bond acceptors (Lipinski definition) is 6. The second kappa shape index (κ2) is 9.61. The molecule has 28 heavy (non-hydrogen) atoms. The highest BCUT2D eigenvalue weighted by atomic mass is 16.5. The van der Waals surface area contributed by atoms with Gasteiger partial charge in [-0.25, -0.2) is 15.0 Å². The predicted molar refractivity (Wildman–Crippen MR) is 106 cm³/mol.